The first-order valence-electron chi connectivity index (χ1n) is 5.89. The van der Waals surface area contributed by atoms with Gasteiger partial charge in [0.2, 0.25) is 0 Å². The van der Waals surface area contributed by atoms with E-state index in [0.717, 1.165) is 0 Å². The standard InChI is InChI=1S/C11H24N2O5/c1-11(2,3)18-10(15)13-9(8-14)17-7-6-16-5-4-12/h9,14H,4-8,12H2,1-3H3,(H,13,15). The van der Waals surface area contributed by atoms with E-state index in [2.05, 4.69) is 5.32 Å². The second kappa shape index (κ2) is 9.09. The van der Waals surface area contributed by atoms with E-state index in [1.807, 2.05) is 0 Å². The van der Waals surface area contributed by atoms with Crippen molar-refractivity contribution in [3.63, 3.8) is 0 Å². The Balaban J connectivity index is 3.79. The van der Waals surface area contributed by atoms with Crippen molar-refractivity contribution in [3.8, 4) is 0 Å². The smallest absolute Gasteiger partial charge is 0.409 e. The molecule has 0 aliphatic carbocycles. The number of rotatable bonds is 8. The van der Waals surface area contributed by atoms with Crippen LogP contribution in [-0.2, 0) is 14.2 Å². The number of amides is 1. The van der Waals surface area contributed by atoms with Crippen LogP contribution < -0.4 is 11.1 Å². The van der Waals surface area contributed by atoms with E-state index < -0.39 is 17.9 Å². The molecule has 1 atom stereocenters. The van der Waals surface area contributed by atoms with E-state index in [9.17, 15) is 4.79 Å². The summed E-state index contributed by atoms with van der Waals surface area (Å²) in [4.78, 5) is 11.4. The number of aliphatic hydroxyl groups is 1. The molecule has 18 heavy (non-hydrogen) atoms. The summed E-state index contributed by atoms with van der Waals surface area (Å²) in [6.45, 7) is 6.42. The van der Waals surface area contributed by atoms with Crippen LogP contribution in [0.4, 0.5) is 4.79 Å². The zero-order valence-electron chi connectivity index (χ0n) is 11.3. The molecule has 0 spiro atoms. The van der Waals surface area contributed by atoms with Crippen LogP contribution in [0.25, 0.3) is 0 Å². The van der Waals surface area contributed by atoms with Gasteiger partial charge in [0, 0.05) is 6.54 Å². The van der Waals surface area contributed by atoms with Gasteiger partial charge in [-0.15, -0.1) is 0 Å². The molecule has 1 amide bonds. The number of alkyl carbamates (subject to hydrolysis) is 1. The Morgan fingerprint density at radius 3 is 2.50 bits per heavy atom. The first-order valence-corrected chi connectivity index (χ1v) is 5.89. The van der Waals surface area contributed by atoms with Gasteiger partial charge >= 0.3 is 6.09 Å². The molecule has 7 nitrogen and oxygen atoms in total. The number of aliphatic hydroxyl groups excluding tert-OH is 1. The van der Waals surface area contributed by atoms with Crippen LogP contribution in [0.5, 0.6) is 0 Å². The fourth-order valence-electron chi connectivity index (χ4n) is 1.01. The lowest BCUT2D eigenvalue weighted by Gasteiger charge is -2.22. The summed E-state index contributed by atoms with van der Waals surface area (Å²) in [5.74, 6) is 0. The van der Waals surface area contributed by atoms with Crippen molar-refractivity contribution in [1.82, 2.24) is 5.32 Å². The number of carbonyl (C=O) groups is 1. The molecule has 0 aromatic carbocycles. The van der Waals surface area contributed by atoms with Gasteiger partial charge in [0.05, 0.1) is 26.4 Å². The summed E-state index contributed by atoms with van der Waals surface area (Å²) in [6.07, 6.45) is -1.44. The Morgan fingerprint density at radius 1 is 1.33 bits per heavy atom. The van der Waals surface area contributed by atoms with Gasteiger partial charge in [-0.1, -0.05) is 0 Å². The van der Waals surface area contributed by atoms with Crippen LogP contribution in [0.3, 0.4) is 0 Å². The van der Waals surface area contributed by atoms with Crippen LogP contribution >= 0.6 is 0 Å². The maximum absolute atomic E-state index is 11.4. The van der Waals surface area contributed by atoms with Crippen molar-refractivity contribution in [2.24, 2.45) is 5.73 Å². The normalized spacial score (nSPS) is 13.2. The van der Waals surface area contributed by atoms with Crippen LogP contribution in [-0.4, -0.2) is 56.0 Å². The van der Waals surface area contributed by atoms with E-state index in [1.54, 1.807) is 20.8 Å². The highest BCUT2D eigenvalue weighted by Gasteiger charge is 2.19. The van der Waals surface area contributed by atoms with Crippen molar-refractivity contribution in [3.05, 3.63) is 0 Å². The van der Waals surface area contributed by atoms with Crippen LogP contribution in [0.2, 0.25) is 0 Å². The van der Waals surface area contributed by atoms with Gasteiger partial charge in [0.15, 0.2) is 6.23 Å². The fraction of sp³-hybridized carbons (Fsp3) is 0.909. The average Bonchev–Trinajstić information content (AvgIpc) is 2.24. The zero-order valence-corrected chi connectivity index (χ0v) is 11.3. The molecule has 0 aromatic heterocycles. The van der Waals surface area contributed by atoms with E-state index in [4.69, 9.17) is 25.1 Å². The van der Waals surface area contributed by atoms with Gasteiger partial charge in [-0.3, -0.25) is 5.32 Å². The highest BCUT2D eigenvalue weighted by Crippen LogP contribution is 2.06. The monoisotopic (exact) mass is 264 g/mol. The molecule has 0 saturated carbocycles. The maximum Gasteiger partial charge on any atom is 0.409 e. The van der Waals surface area contributed by atoms with Crippen molar-refractivity contribution in [2.45, 2.75) is 32.6 Å². The SMILES string of the molecule is CC(C)(C)OC(=O)NC(CO)OCCOCCN. The summed E-state index contributed by atoms with van der Waals surface area (Å²) in [6, 6.07) is 0. The Morgan fingerprint density at radius 2 is 2.00 bits per heavy atom. The lowest BCUT2D eigenvalue weighted by Crippen LogP contribution is -2.43. The van der Waals surface area contributed by atoms with Gasteiger partial charge in [-0.2, -0.15) is 0 Å². The van der Waals surface area contributed by atoms with Gasteiger partial charge in [-0.25, -0.2) is 4.79 Å². The van der Waals surface area contributed by atoms with Crippen molar-refractivity contribution < 1.29 is 24.1 Å². The van der Waals surface area contributed by atoms with E-state index >= 15 is 0 Å². The molecule has 0 aliphatic rings. The Bertz CT molecular complexity index is 230. The van der Waals surface area contributed by atoms with Crippen molar-refractivity contribution in [1.29, 1.82) is 0 Å². The largest absolute Gasteiger partial charge is 0.444 e. The van der Waals surface area contributed by atoms with Crippen molar-refractivity contribution >= 4 is 6.09 Å². The lowest BCUT2D eigenvalue weighted by molar-refractivity contribution is -0.0388. The van der Waals surface area contributed by atoms with Gasteiger partial charge in [0.25, 0.3) is 0 Å². The molecule has 108 valence electrons. The number of hydrogen-bond donors (Lipinski definition) is 3. The molecule has 0 aliphatic heterocycles. The quantitative estimate of drug-likeness (QED) is 0.415. The highest BCUT2D eigenvalue weighted by molar-refractivity contribution is 5.67. The molecule has 0 aromatic rings. The van der Waals surface area contributed by atoms with Crippen LogP contribution in [0, 0.1) is 0 Å². The molecule has 7 heteroatoms. The summed E-state index contributed by atoms with van der Waals surface area (Å²) in [7, 11) is 0. The predicted molar refractivity (Wildman–Crippen MR) is 66.1 cm³/mol. The molecule has 0 bridgehead atoms. The topological polar surface area (TPSA) is 103 Å². The van der Waals surface area contributed by atoms with E-state index in [0.29, 0.717) is 19.8 Å². The average molecular weight is 264 g/mol. The molecule has 0 fully saturated rings. The zero-order chi connectivity index (χ0) is 14.0. The molecule has 0 radical (unpaired) electrons. The molecular formula is C11H24N2O5. The minimum Gasteiger partial charge on any atom is -0.444 e. The van der Waals surface area contributed by atoms with Crippen LogP contribution in [0.15, 0.2) is 0 Å². The number of nitrogens with two attached hydrogens (primary N) is 1. The highest BCUT2D eigenvalue weighted by atomic mass is 16.6. The summed E-state index contributed by atoms with van der Waals surface area (Å²) >= 11 is 0. The van der Waals surface area contributed by atoms with Gasteiger partial charge in [-0.05, 0) is 20.8 Å². The number of carbonyl (C=O) groups excluding carboxylic acids is 1. The molecule has 1 unspecified atom stereocenters. The van der Waals surface area contributed by atoms with Gasteiger partial charge in [0.1, 0.15) is 5.60 Å². The van der Waals surface area contributed by atoms with E-state index in [1.165, 1.54) is 0 Å². The number of ether oxygens (including phenoxy) is 3. The maximum atomic E-state index is 11.4. The minimum absolute atomic E-state index is 0.251. The predicted octanol–water partition coefficient (Wildman–Crippen LogP) is -0.179. The lowest BCUT2D eigenvalue weighted by atomic mass is 10.2. The summed E-state index contributed by atoms with van der Waals surface area (Å²) in [5.41, 5.74) is 4.65. The molecule has 4 N–H and O–H groups in total. The summed E-state index contributed by atoms with van der Waals surface area (Å²) in [5, 5.41) is 11.4. The Kier molecular flexibility index (Phi) is 8.65. The Labute approximate surface area is 108 Å². The molecule has 0 saturated heterocycles. The second-order valence-corrected chi connectivity index (χ2v) is 4.59. The molecular weight excluding hydrogens is 240 g/mol. The summed E-state index contributed by atoms with van der Waals surface area (Å²) < 4.78 is 15.3. The number of hydrogen-bond acceptors (Lipinski definition) is 6. The van der Waals surface area contributed by atoms with E-state index in [-0.39, 0.29) is 13.2 Å². The van der Waals surface area contributed by atoms with Crippen LogP contribution in [0.1, 0.15) is 20.8 Å². The first kappa shape index (κ1) is 17.1. The third kappa shape index (κ3) is 10.3. The molecule has 0 rings (SSSR count). The third-order valence-corrected chi connectivity index (χ3v) is 1.65. The number of nitrogens with one attached hydrogen (secondary N) is 1. The van der Waals surface area contributed by atoms with Gasteiger partial charge < -0.3 is 25.1 Å². The third-order valence-electron chi connectivity index (χ3n) is 1.65. The van der Waals surface area contributed by atoms with Crippen molar-refractivity contribution in [2.75, 3.05) is 33.0 Å². The molecule has 0 heterocycles. The minimum atomic E-state index is -0.804. The Hall–Kier alpha value is -0.890. The fourth-order valence-corrected chi connectivity index (χ4v) is 1.01. The first-order chi connectivity index (χ1) is 8.39. The second-order valence-electron chi connectivity index (χ2n) is 4.59.